The summed E-state index contributed by atoms with van der Waals surface area (Å²) in [7, 11) is 0. The summed E-state index contributed by atoms with van der Waals surface area (Å²) in [6.45, 7) is 11.4. The van der Waals surface area contributed by atoms with Gasteiger partial charge >= 0.3 is 0 Å². The van der Waals surface area contributed by atoms with E-state index in [9.17, 15) is 15.0 Å². The van der Waals surface area contributed by atoms with Crippen molar-refractivity contribution in [3.63, 3.8) is 0 Å². The third kappa shape index (κ3) is 3.60. The molecule has 0 spiro atoms. The van der Waals surface area contributed by atoms with E-state index >= 15 is 0 Å². The number of aliphatic hydroxyl groups excluding tert-OH is 1. The van der Waals surface area contributed by atoms with Crippen molar-refractivity contribution < 1.29 is 15.0 Å². The highest BCUT2D eigenvalue weighted by molar-refractivity contribution is 5.79. The number of Topliss-reactive ketones (excluding diaryl/α,β-unsaturated/α-hetero) is 1. The van der Waals surface area contributed by atoms with Gasteiger partial charge in [0.15, 0.2) is 0 Å². The Morgan fingerprint density at radius 1 is 1.10 bits per heavy atom. The molecule has 2 N–H and O–H groups in total. The zero-order valence-corrected chi connectivity index (χ0v) is 20.1. The van der Waals surface area contributed by atoms with Crippen LogP contribution in [-0.2, 0) is 4.79 Å². The fourth-order valence-electron chi connectivity index (χ4n) is 9.21. The van der Waals surface area contributed by atoms with E-state index in [1.807, 2.05) is 6.92 Å². The van der Waals surface area contributed by atoms with E-state index in [4.69, 9.17) is 0 Å². The van der Waals surface area contributed by atoms with E-state index in [1.54, 1.807) is 0 Å². The van der Waals surface area contributed by atoms with Crippen molar-refractivity contribution in [2.24, 2.45) is 46.3 Å². The minimum Gasteiger partial charge on any atom is -0.393 e. The molecule has 0 aromatic carbocycles. The maximum atomic E-state index is 12.1. The molecule has 4 rings (SSSR count). The maximum Gasteiger partial charge on any atom is 0.133 e. The average Bonchev–Trinajstić information content (AvgIpc) is 2.92. The Morgan fingerprint density at radius 2 is 1.83 bits per heavy atom. The first-order valence-electron chi connectivity index (χ1n) is 12.9. The van der Waals surface area contributed by atoms with Crippen LogP contribution in [0.2, 0.25) is 0 Å². The van der Waals surface area contributed by atoms with Crippen molar-refractivity contribution >= 4 is 5.78 Å². The van der Waals surface area contributed by atoms with Gasteiger partial charge in [0.05, 0.1) is 11.7 Å². The first-order valence-corrected chi connectivity index (χ1v) is 12.9. The standard InChI is InChI=1S/C27H46O3/c1-17(2)7-6-12-27(5,30)24-23(29)16-22-20-9-8-18-15-19(28)10-13-25(18,3)21(20)11-14-26(22,24)4/h17-18,20-24,29-30H,6-16H2,1-5H3/t18?,20?,21?,22?,23-,24-,25-,26-,27-/m0/s1. The second-order valence-corrected chi connectivity index (χ2v) is 12.9. The van der Waals surface area contributed by atoms with Crippen LogP contribution in [0.4, 0.5) is 0 Å². The van der Waals surface area contributed by atoms with Gasteiger partial charge in [-0.15, -0.1) is 0 Å². The van der Waals surface area contributed by atoms with Crippen LogP contribution in [-0.4, -0.2) is 27.7 Å². The third-order valence-electron chi connectivity index (χ3n) is 10.6. The predicted molar refractivity (Wildman–Crippen MR) is 121 cm³/mol. The second kappa shape index (κ2) is 7.87. The van der Waals surface area contributed by atoms with Crippen molar-refractivity contribution in [1.82, 2.24) is 0 Å². The molecule has 9 atom stereocenters. The summed E-state index contributed by atoms with van der Waals surface area (Å²) in [5.41, 5.74) is -0.445. The lowest BCUT2D eigenvalue weighted by molar-refractivity contribution is -0.151. The molecule has 0 radical (unpaired) electrons. The summed E-state index contributed by atoms with van der Waals surface area (Å²) in [5, 5.41) is 22.8. The van der Waals surface area contributed by atoms with Gasteiger partial charge in [-0.05, 0) is 92.3 Å². The number of carbonyl (C=O) groups excluding carboxylic acids is 1. The zero-order valence-electron chi connectivity index (χ0n) is 20.1. The molecular formula is C27H46O3. The van der Waals surface area contributed by atoms with Crippen LogP contribution in [0.1, 0.15) is 105 Å². The van der Waals surface area contributed by atoms with Crippen molar-refractivity contribution in [2.75, 3.05) is 0 Å². The van der Waals surface area contributed by atoms with Crippen molar-refractivity contribution in [3.8, 4) is 0 Å². The van der Waals surface area contributed by atoms with Crippen LogP contribution < -0.4 is 0 Å². The van der Waals surface area contributed by atoms with Crippen LogP contribution in [0, 0.1) is 46.3 Å². The topological polar surface area (TPSA) is 57.5 Å². The Labute approximate surface area is 184 Å². The smallest absolute Gasteiger partial charge is 0.133 e. The maximum absolute atomic E-state index is 12.1. The van der Waals surface area contributed by atoms with Gasteiger partial charge < -0.3 is 10.2 Å². The lowest BCUT2D eigenvalue weighted by atomic mass is 9.44. The van der Waals surface area contributed by atoms with Crippen molar-refractivity contribution in [1.29, 1.82) is 0 Å². The Hall–Kier alpha value is -0.410. The highest BCUT2D eigenvalue weighted by Gasteiger charge is 2.64. The minimum atomic E-state index is -0.789. The summed E-state index contributed by atoms with van der Waals surface area (Å²) >= 11 is 0. The second-order valence-electron chi connectivity index (χ2n) is 12.9. The third-order valence-corrected chi connectivity index (χ3v) is 10.6. The van der Waals surface area contributed by atoms with Crippen LogP contribution in [0.25, 0.3) is 0 Å². The summed E-state index contributed by atoms with van der Waals surface area (Å²) in [6.07, 6.45) is 10.8. The first kappa shape index (κ1) is 22.8. The van der Waals surface area contributed by atoms with E-state index in [0.29, 0.717) is 40.8 Å². The Balaban J connectivity index is 1.55. The molecule has 4 aliphatic rings. The molecule has 4 saturated carbocycles. The molecule has 4 fully saturated rings. The molecule has 30 heavy (non-hydrogen) atoms. The fraction of sp³-hybridized carbons (Fsp3) is 0.963. The molecular weight excluding hydrogens is 372 g/mol. The molecule has 0 amide bonds. The van der Waals surface area contributed by atoms with E-state index in [-0.39, 0.29) is 17.4 Å². The van der Waals surface area contributed by atoms with Crippen LogP contribution in [0.3, 0.4) is 0 Å². The van der Waals surface area contributed by atoms with Gasteiger partial charge in [0.2, 0.25) is 0 Å². The molecule has 172 valence electrons. The molecule has 0 bridgehead atoms. The van der Waals surface area contributed by atoms with Gasteiger partial charge in [-0.2, -0.15) is 0 Å². The normalized spacial score (nSPS) is 48.1. The van der Waals surface area contributed by atoms with Crippen LogP contribution in [0.5, 0.6) is 0 Å². The quantitative estimate of drug-likeness (QED) is 0.596. The molecule has 3 nitrogen and oxygen atoms in total. The lowest BCUT2D eigenvalue weighted by Crippen LogP contribution is -2.55. The van der Waals surface area contributed by atoms with Gasteiger partial charge in [-0.25, -0.2) is 0 Å². The predicted octanol–water partition coefficient (Wildman–Crippen LogP) is 5.76. The van der Waals surface area contributed by atoms with Gasteiger partial charge in [0, 0.05) is 18.8 Å². The average molecular weight is 419 g/mol. The summed E-state index contributed by atoms with van der Waals surface area (Å²) < 4.78 is 0. The largest absolute Gasteiger partial charge is 0.393 e. The SMILES string of the molecule is CC(C)CCC[C@](C)(O)[C@H]1[C@@H](O)CC2C3CCC4CC(=O)CC[C@]4(C)C3CC[C@@]21C. The Kier molecular flexibility index (Phi) is 5.97. The Bertz CT molecular complexity index is 654. The molecule has 3 heteroatoms. The van der Waals surface area contributed by atoms with Gasteiger partial charge in [0.25, 0.3) is 0 Å². The fourth-order valence-corrected chi connectivity index (χ4v) is 9.21. The van der Waals surface area contributed by atoms with Gasteiger partial charge in [0.1, 0.15) is 5.78 Å². The molecule has 0 heterocycles. The van der Waals surface area contributed by atoms with Crippen LogP contribution >= 0.6 is 0 Å². The molecule has 4 unspecified atom stereocenters. The monoisotopic (exact) mass is 418 g/mol. The molecule has 4 aliphatic carbocycles. The van der Waals surface area contributed by atoms with Gasteiger partial charge in [-0.3, -0.25) is 4.79 Å². The number of carbonyl (C=O) groups is 1. The molecule has 0 aliphatic heterocycles. The van der Waals surface area contributed by atoms with E-state index in [1.165, 1.54) is 19.3 Å². The highest BCUT2D eigenvalue weighted by Crippen LogP contribution is 2.68. The van der Waals surface area contributed by atoms with Crippen LogP contribution in [0.15, 0.2) is 0 Å². The summed E-state index contributed by atoms with van der Waals surface area (Å²) in [5.74, 6) is 3.57. The summed E-state index contributed by atoms with van der Waals surface area (Å²) in [4.78, 5) is 12.1. The minimum absolute atomic E-state index is 0.0124. The number of hydrogen-bond acceptors (Lipinski definition) is 3. The first-order chi connectivity index (χ1) is 14.0. The lowest BCUT2D eigenvalue weighted by Gasteiger charge is -2.60. The summed E-state index contributed by atoms with van der Waals surface area (Å²) in [6, 6.07) is 0. The molecule has 0 aromatic rings. The van der Waals surface area contributed by atoms with E-state index in [0.717, 1.165) is 51.4 Å². The highest BCUT2D eigenvalue weighted by atomic mass is 16.3. The van der Waals surface area contributed by atoms with Gasteiger partial charge in [-0.1, -0.05) is 40.5 Å². The zero-order chi connectivity index (χ0) is 21.9. The van der Waals surface area contributed by atoms with Crippen molar-refractivity contribution in [3.05, 3.63) is 0 Å². The van der Waals surface area contributed by atoms with E-state index in [2.05, 4.69) is 27.7 Å². The number of hydrogen-bond donors (Lipinski definition) is 2. The number of fused-ring (bicyclic) bond motifs is 5. The van der Waals surface area contributed by atoms with E-state index < -0.39 is 5.60 Å². The number of aliphatic hydroxyl groups is 2. The Morgan fingerprint density at radius 3 is 2.53 bits per heavy atom. The number of ketones is 1. The molecule has 0 aromatic heterocycles. The van der Waals surface area contributed by atoms with Crippen molar-refractivity contribution in [2.45, 2.75) is 117 Å². The molecule has 0 saturated heterocycles. The number of rotatable bonds is 5.